The van der Waals surface area contributed by atoms with Crippen LogP contribution in [-0.2, 0) is 16.0 Å². The highest BCUT2D eigenvalue weighted by atomic mass is 32.1. The molecule has 1 aromatic heterocycles. The third-order valence-corrected chi connectivity index (χ3v) is 4.75. The zero-order valence-electron chi connectivity index (χ0n) is 14.3. The maximum Gasteiger partial charge on any atom is 0.303 e. The average molecular weight is 359 g/mol. The minimum absolute atomic E-state index is 0.0129. The number of Topliss-reactive ketones (excluding diaryl/α,β-unsaturated/α-hetero) is 1. The van der Waals surface area contributed by atoms with Crippen molar-refractivity contribution in [2.45, 2.75) is 39.5 Å². The normalized spacial score (nSPS) is 10.5. The van der Waals surface area contributed by atoms with Gasteiger partial charge in [-0.05, 0) is 44.0 Å². The van der Waals surface area contributed by atoms with Crippen molar-refractivity contribution >= 4 is 34.7 Å². The summed E-state index contributed by atoms with van der Waals surface area (Å²) in [6.07, 6.45) is 0.847. The molecule has 0 spiro atoms. The molecule has 0 aliphatic rings. The Labute approximate surface area is 150 Å². The van der Waals surface area contributed by atoms with Gasteiger partial charge in [-0.15, -0.1) is 11.3 Å². The average Bonchev–Trinajstić information content (AvgIpc) is 2.90. The Morgan fingerprint density at radius 3 is 2.28 bits per heavy atom. The molecule has 0 radical (unpaired) electrons. The molecule has 1 aromatic carbocycles. The van der Waals surface area contributed by atoms with Crippen molar-refractivity contribution in [3.63, 3.8) is 0 Å². The molecule has 1 amide bonds. The molecule has 2 aromatic rings. The van der Waals surface area contributed by atoms with Crippen molar-refractivity contribution in [1.29, 1.82) is 0 Å². The van der Waals surface area contributed by atoms with E-state index in [1.807, 2.05) is 19.9 Å². The fraction of sp³-hybridized carbons (Fsp3) is 0.316. The van der Waals surface area contributed by atoms with Crippen LogP contribution in [0.4, 0.5) is 5.69 Å². The number of hydrogen-bond acceptors (Lipinski definition) is 4. The molecule has 0 saturated carbocycles. The molecule has 0 aliphatic heterocycles. The van der Waals surface area contributed by atoms with E-state index in [-0.39, 0.29) is 31.0 Å². The second-order valence-electron chi connectivity index (χ2n) is 5.89. The zero-order valence-corrected chi connectivity index (χ0v) is 15.1. The van der Waals surface area contributed by atoms with Crippen LogP contribution in [0.25, 0.3) is 0 Å². The van der Waals surface area contributed by atoms with Crippen LogP contribution >= 0.6 is 11.3 Å². The Balaban J connectivity index is 1.82. The van der Waals surface area contributed by atoms with E-state index in [0.717, 1.165) is 15.3 Å². The number of aryl methyl sites for hydroxylation is 3. The number of anilines is 1. The molecule has 6 heteroatoms. The number of benzene rings is 1. The summed E-state index contributed by atoms with van der Waals surface area (Å²) in [4.78, 5) is 36.8. The fourth-order valence-electron chi connectivity index (χ4n) is 2.50. The van der Waals surface area contributed by atoms with Crippen LogP contribution in [0, 0.1) is 13.8 Å². The van der Waals surface area contributed by atoms with Crippen LogP contribution in [0.15, 0.2) is 30.3 Å². The van der Waals surface area contributed by atoms with Crippen LogP contribution in [0.1, 0.15) is 44.9 Å². The molecule has 0 saturated heterocycles. The van der Waals surface area contributed by atoms with Gasteiger partial charge in [-0.2, -0.15) is 0 Å². The van der Waals surface area contributed by atoms with E-state index in [4.69, 9.17) is 5.11 Å². The molecule has 2 N–H and O–H groups in total. The number of amides is 1. The van der Waals surface area contributed by atoms with Gasteiger partial charge in [-0.3, -0.25) is 14.4 Å². The Kier molecular flexibility index (Phi) is 6.47. The van der Waals surface area contributed by atoms with Crippen molar-refractivity contribution in [3.05, 3.63) is 51.2 Å². The third kappa shape index (κ3) is 5.83. The predicted octanol–water partition coefficient (Wildman–Crippen LogP) is 3.98. The molecule has 0 fully saturated rings. The summed E-state index contributed by atoms with van der Waals surface area (Å²) in [5.41, 5.74) is 2.25. The van der Waals surface area contributed by atoms with Crippen molar-refractivity contribution in [3.8, 4) is 0 Å². The van der Waals surface area contributed by atoms with Gasteiger partial charge in [0.25, 0.3) is 0 Å². The second kappa shape index (κ2) is 8.58. The molecule has 5 nitrogen and oxygen atoms in total. The monoisotopic (exact) mass is 359 g/mol. The lowest BCUT2D eigenvalue weighted by Gasteiger charge is -2.06. The number of carboxylic acid groups (broad SMARTS) is 1. The number of thiophene rings is 1. The number of carbonyl (C=O) groups is 3. The van der Waals surface area contributed by atoms with Gasteiger partial charge in [0, 0.05) is 40.3 Å². The van der Waals surface area contributed by atoms with Gasteiger partial charge in [-0.1, -0.05) is 12.1 Å². The largest absolute Gasteiger partial charge is 0.481 e. The fourth-order valence-corrected chi connectivity index (χ4v) is 3.44. The topological polar surface area (TPSA) is 83.5 Å². The van der Waals surface area contributed by atoms with E-state index in [1.54, 1.807) is 35.6 Å². The van der Waals surface area contributed by atoms with Crippen molar-refractivity contribution in [1.82, 2.24) is 0 Å². The highest BCUT2D eigenvalue weighted by Gasteiger charge is 2.14. The molecule has 0 bridgehead atoms. The van der Waals surface area contributed by atoms with E-state index < -0.39 is 5.97 Å². The van der Waals surface area contributed by atoms with Gasteiger partial charge in [0.05, 0.1) is 0 Å². The standard InChI is InChI=1S/C19H21NO4S/c1-12-11-16(13(2)25-12)17(21)8-9-18(22)20-15-6-3-14(4-7-15)5-10-19(23)24/h3-4,6-7,11H,5,8-10H2,1-2H3,(H,20,22)(H,23,24). The van der Waals surface area contributed by atoms with E-state index >= 15 is 0 Å². The predicted molar refractivity (Wildman–Crippen MR) is 98.4 cm³/mol. The van der Waals surface area contributed by atoms with Gasteiger partial charge in [0.15, 0.2) is 5.78 Å². The van der Waals surface area contributed by atoms with Gasteiger partial charge in [0.2, 0.25) is 5.91 Å². The molecular formula is C19H21NO4S. The highest BCUT2D eigenvalue weighted by molar-refractivity contribution is 7.12. The quantitative estimate of drug-likeness (QED) is 0.698. The SMILES string of the molecule is Cc1cc(C(=O)CCC(=O)Nc2ccc(CCC(=O)O)cc2)c(C)s1. The van der Waals surface area contributed by atoms with E-state index in [2.05, 4.69) is 5.32 Å². The van der Waals surface area contributed by atoms with E-state index in [9.17, 15) is 14.4 Å². The van der Waals surface area contributed by atoms with Crippen molar-refractivity contribution < 1.29 is 19.5 Å². The van der Waals surface area contributed by atoms with Crippen LogP contribution in [0.5, 0.6) is 0 Å². The summed E-state index contributed by atoms with van der Waals surface area (Å²) in [7, 11) is 0. The van der Waals surface area contributed by atoms with Gasteiger partial charge >= 0.3 is 5.97 Å². The molecule has 0 aliphatic carbocycles. The number of ketones is 1. The van der Waals surface area contributed by atoms with Crippen LogP contribution in [-0.4, -0.2) is 22.8 Å². The number of carboxylic acids is 1. The first-order chi connectivity index (χ1) is 11.8. The molecule has 2 rings (SSSR count). The molecule has 0 atom stereocenters. The lowest BCUT2D eigenvalue weighted by atomic mass is 10.1. The van der Waals surface area contributed by atoms with Crippen LogP contribution in [0.3, 0.4) is 0 Å². The van der Waals surface area contributed by atoms with E-state index in [1.165, 1.54) is 0 Å². The maximum atomic E-state index is 12.2. The van der Waals surface area contributed by atoms with Gasteiger partial charge in [0.1, 0.15) is 0 Å². The summed E-state index contributed by atoms with van der Waals surface area (Å²) in [5, 5.41) is 11.4. The van der Waals surface area contributed by atoms with Gasteiger partial charge in [-0.25, -0.2) is 0 Å². The maximum absolute atomic E-state index is 12.2. The molecular weight excluding hydrogens is 338 g/mol. The number of aliphatic carboxylic acids is 1. The molecule has 1 heterocycles. The lowest BCUT2D eigenvalue weighted by molar-refractivity contribution is -0.137. The lowest BCUT2D eigenvalue weighted by Crippen LogP contribution is -2.13. The van der Waals surface area contributed by atoms with Crippen LogP contribution in [0.2, 0.25) is 0 Å². The summed E-state index contributed by atoms with van der Waals surface area (Å²) in [6, 6.07) is 8.94. The molecule has 132 valence electrons. The summed E-state index contributed by atoms with van der Waals surface area (Å²) >= 11 is 1.58. The minimum Gasteiger partial charge on any atom is -0.481 e. The number of hydrogen-bond donors (Lipinski definition) is 2. The number of rotatable bonds is 8. The van der Waals surface area contributed by atoms with E-state index in [0.29, 0.717) is 17.7 Å². The summed E-state index contributed by atoms with van der Waals surface area (Å²) < 4.78 is 0. The Morgan fingerprint density at radius 1 is 1.04 bits per heavy atom. The first-order valence-corrected chi connectivity index (χ1v) is 8.87. The van der Waals surface area contributed by atoms with Gasteiger partial charge < -0.3 is 10.4 Å². The first kappa shape index (κ1) is 18.9. The van der Waals surface area contributed by atoms with Crippen molar-refractivity contribution in [2.24, 2.45) is 0 Å². The molecule has 25 heavy (non-hydrogen) atoms. The summed E-state index contributed by atoms with van der Waals surface area (Å²) in [5.74, 6) is -1.06. The Morgan fingerprint density at radius 2 is 1.72 bits per heavy atom. The Bertz CT molecular complexity index is 777. The third-order valence-electron chi connectivity index (χ3n) is 3.79. The smallest absolute Gasteiger partial charge is 0.303 e. The Hall–Kier alpha value is -2.47. The highest BCUT2D eigenvalue weighted by Crippen LogP contribution is 2.22. The van der Waals surface area contributed by atoms with Crippen molar-refractivity contribution in [2.75, 3.05) is 5.32 Å². The zero-order chi connectivity index (χ0) is 18.4. The first-order valence-electron chi connectivity index (χ1n) is 8.06. The number of carbonyl (C=O) groups excluding carboxylic acids is 2. The second-order valence-corrected chi connectivity index (χ2v) is 7.35. The number of nitrogens with one attached hydrogen (secondary N) is 1. The van der Waals surface area contributed by atoms with Crippen LogP contribution < -0.4 is 5.32 Å². The molecule has 0 unspecified atom stereocenters. The minimum atomic E-state index is -0.835. The summed E-state index contributed by atoms with van der Waals surface area (Å²) in [6.45, 7) is 3.87.